The molecular weight excluding hydrogens is 224 g/mol. The molecule has 1 aliphatic carbocycles. The summed E-state index contributed by atoms with van der Waals surface area (Å²) in [7, 11) is 0. The third-order valence-electron chi connectivity index (χ3n) is 4.49. The maximum absolute atomic E-state index is 12.1. The molecule has 0 aromatic rings. The quantitative estimate of drug-likeness (QED) is 0.810. The highest BCUT2D eigenvalue weighted by Gasteiger charge is 2.22. The summed E-state index contributed by atoms with van der Waals surface area (Å²) >= 11 is 0. The Morgan fingerprint density at radius 1 is 1.17 bits per heavy atom. The van der Waals surface area contributed by atoms with Crippen LogP contribution in [0.2, 0.25) is 0 Å². The number of carbonyl (C=O) groups is 1. The summed E-state index contributed by atoms with van der Waals surface area (Å²) in [6, 6.07) is 0.0634. The van der Waals surface area contributed by atoms with Crippen LogP contribution in [0, 0.1) is 11.8 Å². The molecule has 0 bridgehead atoms. The van der Waals surface area contributed by atoms with E-state index < -0.39 is 0 Å². The van der Waals surface area contributed by atoms with Crippen LogP contribution in [0.5, 0.6) is 0 Å². The molecule has 1 amide bonds. The molecule has 2 N–H and O–H groups in total. The maximum Gasteiger partial charge on any atom is 0.237 e. The van der Waals surface area contributed by atoms with E-state index in [1.807, 2.05) is 0 Å². The summed E-state index contributed by atoms with van der Waals surface area (Å²) in [4.78, 5) is 12.1. The van der Waals surface area contributed by atoms with Crippen LogP contribution in [0.15, 0.2) is 0 Å². The van der Waals surface area contributed by atoms with Gasteiger partial charge in [-0.05, 0) is 44.1 Å². The molecule has 2 fully saturated rings. The summed E-state index contributed by atoms with van der Waals surface area (Å²) in [5, 5.41) is 6.53. The topological polar surface area (TPSA) is 41.1 Å². The summed E-state index contributed by atoms with van der Waals surface area (Å²) in [5.74, 6) is 1.79. The number of rotatable bonds is 3. The van der Waals surface area contributed by atoms with E-state index >= 15 is 0 Å². The zero-order chi connectivity index (χ0) is 12.8. The lowest BCUT2D eigenvalue weighted by molar-refractivity contribution is -0.123. The van der Waals surface area contributed by atoms with E-state index in [0.717, 1.165) is 25.4 Å². The van der Waals surface area contributed by atoms with Gasteiger partial charge in [0.15, 0.2) is 0 Å². The highest BCUT2D eigenvalue weighted by molar-refractivity contribution is 5.81. The fourth-order valence-corrected chi connectivity index (χ4v) is 3.37. The zero-order valence-corrected chi connectivity index (χ0v) is 11.7. The van der Waals surface area contributed by atoms with Crippen LogP contribution in [0.1, 0.15) is 58.3 Å². The van der Waals surface area contributed by atoms with Crippen molar-refractivity contribution in [2.24, 2.45) is 11.8 Å². The molecule has 0 aromatic carbocycles. The van der Waals surface area contributed by atoms with E-state index in [9.17, 15) is 4.79 Å². The number of nitrogens with one attached hydrogen (secondary N) is 2. The summed E-state index contributed by atoms with van der Waals surface area (Å²) in [6.45, 7) is 4.22. The fraction of sp³-hybridized carbons (Fsp3) is 0.933. The molecule has 1 saturated carbocycles. The molecule has 0 radical (unpaired) electrons. The lowest BCUT2D eigenvalue weighted by atomic mass is 9.82. The van der Waals surface area contributed by atoms with Gasteiger partial charge in [-0.2, -0.15) is 0 Å². The standard InChI is InChI=1S/C15H28N2O/c1-12-6-5-7-13(10-12)11-17-15(18)14-8-3-2-4-9-16-14/h12-14,16H,2-11H2,1H3,(H,17,18). The normalized spacial score (nSPS) is 33.7. The van der Waals surface area contributed by atoms with Crippen molar-refractivity contribution in [3.63, 3.8) is 0 Å². The van der Waals surface area contributed by atoms with Crippen LogP contribution in [-0.2, 0) is 4.79 Å². The van der Waals surface area contributed by atoms with Gasteiger partial charge in [-0.25, -0.2) is 0 Å². The highest BCUT2D eigenvalue weighted by Crippen LogP contribution is 2.27. The molecule has 0 aromatic heterocycles. The van der Waals surface area contributed by atoms with Gasteiger partial charge in [-0.3, -0.25) is 4.79 Å². The van der Waals surface area contributed by atoms with Crippen molar-refractivity contribution in [3.8, 4) is 0 Å². The summed E-state index contributed by atoms with van der Waals surface area (Å²) in [5.41, 5.74) is 0. The van der Waals surface area contributed by atoms with Gasteiger partial charge in [-0.15, -0.1) is 0 Å². The van der Waals surface area contributed by atoms with Crippen molar-refractivity contribution in [1.29, 1.82) is 0 Å². The second kappa shape index (κ2) is 7.13. The smallest absolute Gasteiger partial charge is 0.237 e. The molecule has 1 heterocycles. The van der Waals surface area contributed by atoms with Crippen LogP contribution in [0.3, 0.4) is 0 Å². The Bertz CT molecular complexity index is 259. The van der Waals surface area contributed by atoms with Gasteiger partial charge in [-0.1, -0.05) is 32.6 Å². The molecule has 1 saturated heterocycles. The third kappa shape index (κ3) is 4.27. The van der Waals surface area contributed by atoms with E-state index in [0.29, 0.717) is 5.92 Å². The molecule has 2 aliphatic rings. The van der Waals surface area contributed by atoms with E-state index in [-0.39, 0.29) is 11.9 Å². The Balaban J connectivity index is 1.70. The zero-order valence-electron chi connectivity index (χ0n) is 11.7. The second-order valence-electron chi connectivity index (χ2n) is 6.24. The molecule has 104 valence electrons. The van der Waals surface area contributed by atoms with Crippen LogP contribution in [-0.4, -0.2) is 25.0 Å². The van der Waals surface area contributed by atoms with Gasteiger partial charge in [0.05, 0.1) is 6.04 Å². The van der Waals surface area contributed by atoms with Crippen LogP contribution in [0.25, 0.3) is 0 Å². The number of hydrogen-bond donors (Lipinski definition) is 2. The Labute approximate surface area is 111 Å². The van der Waals surface area contributed by atoms with Gasteiger partial charge in [0.25, 0.3) is 0 Å². The molecule has 3 unspecified atom stereocenters. The first-order valence-electron chi connectivity index (χ1n) is 7.77. The minimum Gasteiger partial charge on any atom is -0.354 e. The minimum absolute atomic E-state index is 0.0634. The lowest BCUT2D eigenvalue weighted by Crippen LogP contribution is -2.45. The Kier molecular flexibility index (Phi) is 5.48. The van der Waals surface area contributed by atoms with Gasteiger partial charge >= 0.3 is 0 Å². The van der Waals surface area contributed by atoms with Crippen molar-refractivity contribution >= 4 is 5.91 Å². The molecule has 3 atom stereocenters. The molecule has 0 spiro atoms. The van der Waals surface area contributed by atoms with E-state index in [2.05, 4.69) is 17.6 Å². The van der Waals surface area contributed by atoms with Crippen molar-refractivity contribution < 1.29 is 4.79 Å². The molecule has 18 heavy (non-hydrogen) atoms. The second-order valence-corrected chi connectivity index (χ2v) is 6.24. The van der Waals surface area contributed by atoms with Gasteiger partial charge in [0.2, 0.25) is 5.91 Å². The van der Waals surface area contributed by atoms with Crippen LogP contribution >= 0.6 is 0 Å². The monoisotopic (exact) mass is 252 g/mol. The van der Waals surface area contributed by atoms with Gasteiger partial charge in [0.1, 0.15) is 0 Å². The van der Waals surface area contributed by atoms with Crippen molar-refractivity contribution in [3.05, 3.63) is 0 Å². The summed E-state index contributed by atoms with van der Waals surface area (Å²) < 4.78 is 0. The third-order valence-corrected chi connectivity index (χ3v) is 4.49. The first kappa shape index (κ1) is 13.9. The number of carbonyl (C=O) groups excluding carboxylic acids is 1. The van der Waals surface area contributed by atoms with E-state index in [1.54, 1.807) is 0 Å². The van der Waals surface area contributed by atoms with Crippen molar-refractivity contribution in [1.82, 2.24) is 10.6 Å². The number of hydrogen-bond acceptors (Lipinski definition) is 2. The lowest BCUT2D eigenvalue weighted by Gasteiger charge is -2.27. The maximum atomic E-state index is 12.1. The van der Waals surface area contributed by atoms with Crippen molar-refractivity contribution in [2.75, 3.05) is 13.1 Å². The molecule has 1 aliphatic heterocycles. The van der Waals surface area contributed by atoms with E-state index in [4.69, 9.17) is 0 Å². The predicted molar refractivity (Wildman–Crippen MR) is 74.4 cm³/mol. The van der Waals surface area contributed by atoms with Gasteiger partial charge < -0.3 is 10.6 Å². The SMILES string of the molecule is CC1CCCC(CNC(=O)C2CCCCCN2)C1. The Morgan fingerprint density at radius 3 is 2.89 bits per heavy atom. The average molecular weight is 252 g/mol. The summed E-state index contributed by atoms with van der Waals surface area (Å²) in [6.07, 6.45) is 9.96. The predicted octanol–water partition coefficient (Wildman–Crippen LogP) is 2.46. The number of amides is 1. The molecule has 2 rings (SSSR count). The Hall–Kier alpha value is -0.570. The first-order chi connectivity index (χ1) is 8.75. The first-order valence-corrected chi connectivity index (χ1v) is 7.77. The largest absolute Gasteiger partial charge is 0.354 e. The molecule has 3 heteroatoms. The van der Waals surface area contributed by atoms with Gasteiger partial charge in [0, 0.05) is 6.54 Å². The Morgan fingerprint density at radius 2 is 2.06 bits per heavy atom. The van der Waals surface area contributed by atoms with Crippen molar-refractivity contribution in [2.45, 2.75) is 64.3 Å². The van der Waals surface area contributed by atoms with E-state index in [1.165, 1.54) is 44.9 Å². The molecular formula is C15H28N2O. The molecule has 3 nitrogen and oxygen atoms in total. The van der Waals surface area contributed by atoms with Crippen LogP contribution in [0.4, 0.5) is 0 Å². The highest BCUT2D eigenvalue weighted by atomic mass is 16.2. The average Bonchev–Trinajstić information content (AvgIpc) is 2.65. The fourth-order valence-electron chi connectivity index (χ4n) is 3.37. The minimum atomic E-state index is 0.0634. The van der Waals surface area contributed by atoms with Crippen LogP contribution < -0.4 is 10.6 Å².